The molecule has 1 aromatic carbocycles. The lowest BCUT2D eigenvalue weighted by Crippen LogP contribution is -2.27. The number of amides is 1. The highest BCUT2D eigenvalue weighted by molar-refractivity contribution is 6.40. The molecule has 0 radical (unpaired) electrons. The van der Waals surface area contributed by atoms with E-state index in [9.17, 15) is 9.90 Å². The van der Waals surface area contributed by atoms with E-state index in [0.717, 1.165) is 0 Å². The van der Waals surface area contributed by atoms with Crippen molar-refractivity contribution in [3.63, 3.8) is 0 Å². The molecule has 0 aliphatic heterocycles. The quantitative estimate of drug-likeness (QED) is 0.309. The number of ether oxygens (including phenoxy) is 1. The van der Waals surface area contributed by atoms with Crippen LogP contribution in [0.25, 0.3) is 0 Å². The van der Waals surface area contributed by atoms with Gasteiger partial charge >= 0.3 is 0 Å². The molecule has 182 valence electrons. The fourth-order valence-corrected chi connectivity index (χ4v) is 3.41. The van der Waals surface area contributed by atoms with Gasteiger partial charge < -0.3 is 25.8 Å². The minimum Gasteiger partial charge on any atom is -0.474 e. The average molecular weight is 508 g/mol. The largest absolute Gasteiger partial charge is 0.474 e. The van der Waals surface area contributed by atoms with Gasteiger partial charge in [0.2, 0.25) is 11.8 Å². The van der Waals surface area contributed by atoms with E-state index in [2.05, 4.69) is 31.0 Å². The van der Waals surface area contributed by atoms with Crippen LogP contribution in [0, 0.1) is 0 Å². The van der Waals surface area contributed by atoms with Crippen LogP contribution in [0.3, 0.4) is 0 Å². The highest BCUT2D eigenvalue weighted by Gasteiger charge is 2.20. The number of aromatic nitrogens is 4. The number of aliphatic hydroxyl groups is 1. The summed E-state index contributed by atoms with van der Waals surface area (Å²) >= 11 is 12.4. The van der Waals surface area contributed by atoms with E-state index < -0.39 is 12.0 Å². The molecule has 3 aromatic rings. The van der Waals surface area contributed by atoms with Crippen molar-refractivity contribution in [1.82, 2.24) is 25.1 Å². The van der Waals surface area contributed by atoms with E-state index in [-0.39, 0.29) is 23.5 Å². The Labute approximate surface area is 207 Å². The second-order valence-electron chi connectivity index (χ2n) is 7.59. The van der Waals surface area contributed by atoms with Crippen LogP contribution in [0.2, 0.25) is 10.0 Å². The molecule has 2 heterocycles. The first kappa shape index (κ1) is 25.7. The van der Waals surface area contributed by atoms with Crippen LogP contribution in [0.1, 0.15) is 30.6 Å². The van der Waals surface area contributed by atoms with E-state index in [4.69, 9.17) is 27.9 Å². The van der Waals surface area contributed by atoms with Crippen molar-refractivity contribution in [3.8, 4) is 5.88 Å². The first-order chi connectivity index (χ1) is 16.3. The molecule has 0 aliphatic carbocycles. The van der Waals surface area contributed by atoms with E-state index in [1.54, 1.807) is 42.3 Å². The molecule has 12 heteroatoms. The second kappa shape index (κ2) is 12.0. The highest BCUT2D eigenvalue weighted by atomic mass is 35.5. The summed E-state index contributed by atoms with van der Waals surface area (Å²) in [5, 5.41) is 23.4. The lowest BCUT2D eigenvalue weighted by molar-refractivity contribution is 0.101. The third kappa shape index (κ3) is 6.80. The number of benzene rings is 1. The predicted molar refractivity (Wildman–Crippen MR) is 132 cm³/mol. The minimum absolute atomic E-state index is 0.115. The summed E-state index contributed by atoms with van der Waals surface area (Å²) in [4.78, 5) is 21.6. The molecule has 0 bridgehead atoms. The number of nitrogens with one attached hydrogen (secondary N) is 3. The summed E-state index contributed by atoms with van der Waals surface area (Å²) in [6.07, 6.45) is 4.63. The predicted octanol–water partition coefficient (Wildman–Crippen LogP) is 3.73. The van der Waals surface area contributed by atoms with Crippen LogP contribution in [-0.2, 0) is 6.54 Å². The molecule has 0 saturated carbocycles. The van der Waals surface area contributed by atoms with Crippen molar-refractivity contribution in [3.05, 3.63) is 52.4 Å². The van der Waals surface area contributed by atoms with Gasteiger partial charge in [-0.3, -0.25) is 9.48 Å². The number of nitrogens with zero attached hydrogens (tertiary/aromatic N) is 4. The SMILES string of the molecule is CCC(C)Oc1nc(Nc2cnn(C[C@@H](O)CNC)c2)ncc1C(=O)Nc1c(Cl)cccc1Cl. The van der Waals surface area contributed by atoms with Crippen LogP contribution in [-0.4, -0.2) is 56.6 Å². The maximum atomic E-state index is 13.0. The summed E-state index contributed by atoms with van der Waals surface area (Å²) in [5.74, 6) is -0.170. The Morgan fingerprint density at radius 3 is 2.68 bits per heavy atom. The van der Waals surface area contributed by atoms with Crippen LogP contribution in [0.5, 0.6) is 5.88 Å². The monoisotopic (exact) mass is 507 g/mol. The molecule has 3 rings (SSSR count). The van der Waals surface area contributed by atoms with Gasteiger partial charge in [-0.25, -0.2) is 4.98 Å². The molecule has 2 aromatic heterocycles. The van der Waals surface area contributed by atoms with Crippen molar-refractivity contribution in [2.75, 3.05) is 24.2 Å². The molecular weight excluding hydrogens is 481 g/mol. The fourth-order valence-electron chi connectivity index (χ4n) is 2.92. The maximum absolute atomic E-state index is 13.0. The Morgan fingerprint density at radius 1 is 1.26 bits per heavy atom. The normalized spacial score (nSPS) is 12.8. The standard InChI is InChI=1S/C22H27Cl2N7O3/c1-4-13(2)34-21-16(20(33)29-19-17(23)6-5-7-18(19)24)10-26-22(30-21)28-14-8-27-31(11-14)12-15(32)9-25-3/h5-8,10-11,13,15,25,32H,4,9,12H2,1-3H3,(H,29,33)(H,26,28,30)/t13?,15-/m0/s1. The average Bonchev–Trinajstić information content (AvgIpc) is 3.23. The summed E-state index contributed by atoms with van der Waals surface area (Å²) in [6.45, 7) is 4.62. The van der Waals surface area contributed by atoms with E-state index in [1.807, 2.05) is 13.8 Å². The van der Waals surface area contributed by atoms with Crippen LogP contribution in [0.4, 0.5) is 17.3 Å². The smallest absolute Gasteiger partial charge is 0.262 e. The van der Waals surface area contributed by atoms with Crippen LogP contribution >= 0.6 is 23.2 Å². The number of anilines is 3. The molecule has 10 nitrogen and oxygen atoms in total. The van der Waals surface area contributed by atoms with E-state index in [0.29, 0.717) is 40.9 Å². The fraction of sp³-hybridized carbons (Fsp3) is 0.364. The zero-order valence-corrected chi connectivity index (χ0v) is 20.6. The van der Waals surface area contributed by atoms with Crippen molar-refractivity contribution in [1.29, 1.82) is 0 Å². The molecule has 0 aliphatic rings. The molecule has 0 fully saturated rings. The van der Waals surface area contributed by atoms with Crippen molar-refractivity contribution in [2.24, 2.45) is 0 Å². The molecule has 34 heavy (non-hydrogen) atoms. The van der Waals surface area contributed by atoms with Gasteiger partial charge in [-0.05, 0) is 32.5 Å². The molecule has 4 N–H and O–H groups in total. The summed E-state index contributed by atoms with van der Waals surface area (Å²) in [7, 11) is 1.77. The number of hydrogen-bond acceptors (Lipinski definition) is 8. The number of hydrogen-bond donors (Lipinski definition) is 4. The lowest BCUT2D eigenvalue weighted by Gasteiger charge is -2.16. The van der Waals surface area contributed by atoms with Gasteiger partial charge in [0, 0.05) is 18.9 Å². The second-order valence-corrected chi connectivity index (χ2v) is 8.40. The van der Waals surface area contributed by atoms with E-state index >= 15 is 0 Å². The Bertz CT molecular complexity index is 1110. The van der Waals surface area contributed by atoms with Gasteiger partial charge in [-0.15, -0.1) is 0 Å². The molecule has 0 saturated heterocycles. The number of carbonyl (C=O) groups excluding carboxylic acids is 1. The van der Waals surface area contributed by atoms with Crippen molar-refractivity contribution >= 4 is 46.4 Å². The lowest BCUT2D eigenvalue weighted by atomic mass is 10.2. The maximum Gasteiger partial charge on any atom is 0.262 e. The van der Waals surface area contributed by atoms with Gasteiger partial charge in [-0.1, -0.05) is 36.2 Å². The van der Waals surface area contributed by atoms with Crippen LogP contribution in [0.15, 0.2) is 36.8 Å². The summed E-state index contributed by atoms with van der Waals surface area (Å²) in [5.41, 5.74) is 1.04. The first-order valence-electron chi connectivity index (χ1n) is 10.7. The zero-order valence-electron chi connectivity index (χ0n) is 19.0. The number of carbonyl (C=O) groups is 1. The van der Waals surface area contributed by atoms with Gasteiger partial charge in [0.1, 0.15) is 5.56 Å². The number of rotatable bonds is 11. The van der Waals surface area contributed by atoms with E-state index in [1.165, 1.54) is 6.20 Å². The number of likely N-dealkylation sites (N-methyl/N-ethyl adjacent to an activating group) is 1. The Balaban J connectivity index is 1.81. The Hall–Kier alpha value is -2.92. The molecular formula is C22H27Cl2N7O3. The number of aliphatic hydroxyl groups excluding tert-OH is 1. The Morgan fingerprint density at radius 2 is 2.00 bits per heavy atom. The molecule has 1 amide bonds. The Kier molecular flexibility index (Phi) is 9.05. The highest BCUT2D eigenvalue weighted by Crippen LogP contribution is 2.31. The summed E-state index contributed by atoms with van der Waals surface area (Å²) < 4.78 is 7.51. The number of para-hydroxylation sites is 1. The molecule has 0 spiro atoms. The summed E-state index contributed by atoms with van der Waals surface area (Å²) in [6, 6.07) is 4.94. The third-order valence-electron chi connectivity index (χ3n) is 4.81. The van der Waals surface area contributed by atoms with Gasteiger partial charge in [0.25, 0.3) is 5.91 Å². The molecule has 2 atom stereocenters. The minimum atomic E-state index is -0.575. The van der Waals surface area contributed by atoms with Crippen LogP contribution < -0.4 is 20.7 Å². The number of halogens is 2. The van der Waals surface area contributed by atoms with Crippen molar-refractivity contribution in [2.45, 2.75) is 39.0 Å². The van der Waals surface area contributed by atoms with Gasteiger partial charge in [-0.2, -0.15) is 10.1 Å². The first-order valence-corrected chi connectivity index (χ1v) is 11.5. The molecule has 1 unspecified atom stereocenters. The zero-order chi connectivity index (χ0) is 24.7. The van der Waals surface area contributed by atoms with Gasteiger partial charge in [0.05, 0.1) is 46.4 Å². The van der Waals surface area contributed by atoms with Gasteiger partial charge in [0.15, 0.2) is 0 Å². The third-order valence-corrected chi connectivity index (χ3v) is 5.44. The topological polar surface area (TPSA) is 126 Å². The van der Waals surface area contributed by atoms with Crippen molar-refractivity contribution < 1.29 is 14.6 Å².